The first kappa shape index (κ1) is 21.2. The van der Waals surface area contributed by atoms with Crippen molar-refractivity contribution in [3.63, 3.8) is 0 Å². The molecule has 6 heteroatoms. The monoisotopic (exact) mass is 417 g/mol. The van der Waals surface area contributed by atoms with E-state index in [4.69, 9.17) is 12.2 Å². The summed E-state index contributed by atoms with van der Waals surface area (Å²) in [6, 6.07) is 26.5. The molecule has 5 nitrogen and oxygen atoms in total. The van der Waals surface area contributed by atoms with Gasteiger partial charge >= 0.3 is 0 Å². The highest BCUT2D eigenvalue weighted by molar-refractivity contribution is 7.80. The maximum Gasteiger partial charge on any atom is 0.251 e. The van der Waals surface area contributed by atoms with Crippen molar-refractivity contribution in [1.29, 1.82) is 0 Å². The molecule has 0 saturated carbocycles. The lowest BCUT2D eigenvalue weighted by Crippen LogP contribution is -2.34. The van der Waals surface area contributed by atoms with Crippen LogP contribution in [0.25, 0.3) is 0 Å². The van der Waals surface area contributed by atoms with Crippen molar-refractivity contribution in [2.24, 2.45) is 0 Å². The van der Waals surface area contributed by atoms with Crippen molar-refractivity contribution in [2.75, 3.05) is 5.32 Å². The van der Waals surface area contributed by atoms with Crippen LogP contribution in [0.3, 0.4) is 0 Å². The van der Waals surface area contributed by atoms with Crippen molar-refractivity contribution in [1.82, 2.24) is 10.6 Å². The summed E-state index contributed by atoms with van der Waals surface area (Å²) < 4.78 is 0. The highest BCUT2D eigenvalue weighted by Gasteiger charge is 2.08. The summed E-state index contributed by atoms with van der Waals surface area (Å²) in [5.41, 5.74) is 3.39. The predicted molar refractivity (Wildman–Crippen MR) is 123 cm³/mol. The van der Waals surface area contributed by atoms with E-state index in [2.05, 4.69) is 16.0 Å². The molecular weight excluding hydrogens is 394 g/mol. The molecule has 0 aliphatic heterocycles. The van der Waals surface area contributed by atoms with Crippen LogP contribution in [0.2, 0.25) is 0 Å². The van der Waals surface area contributed by atoms with Crippen LogP contribution in [-0.4, -0.2) is 16.9 Å². The zero-order chi connectivity index (χ0) is 21.2. The smallest absolute Gasteiger partial charge is 0.251 e. The second kappa shape index (κ2) is 10.9. The number of thiocarbonyl (C=S) groups is 1. The van der Waals surface area contributed by atoms with E-state index >= 15 is 0 Å². The number of anilines is 1. The fourth-order valence-electron chi connectivity index (χ4n) is 2.84. The summed E-state index contributed by atoms with van der Waals surface area (Å²) in [5, 5.41) is 8.76. The molecule has 3 N–H and O–H groups in total. The van der Waals surface area contributed by atoms with Crippen molar-refractivity contribution in [3.8, 4) is 0 Å². The van der Waals surface area contributed by atoms with Crippen molar-refractivity contribution in [3.05, 3.63) is 102 Å². The molecule has 0 heterocycles. The van der Waals surface area contributed by atoms with E-state index in [0.717, 1.165) is 11.1 Å². The highest BCUT2D eigenvalue weighted by atomic mass is 32.1. The van der Waals surface area contributed by atoms with Gasteiger partial charge in [0.15, 0.2) is 5.11 Å². The van der Waals surface area contributed by atoms with Crippen molar-refractivity contribution >= 4 is 34.8 Å². The maximum atomic E-state index is 12.3. The Morgan fingerprint density at radius 2 is 1.37 bits per heavy atom. The molecule has 0 aliphatic carbocycles. The van der Waals surface area contributed by atoms with Gasteiger partial charge in [0.1, 0.15) is 0 Å². The Balaban J connectivity index is 1.43. The van der Waals surface area contributed by atoms with Gasteiger partial charge < -0.3 is 16.0 Å². The fraction of sp³-hybridized carbons (Fsp3) is 0.125. The summed E-state index contributed by atoms with van der Waals surface area (Å²) in [6.45, 7) is 0.471. The molecular formula is C24H23N3O2S. The third-order valence-corrected chi connectivity index (χ3v) is 4.64. The Hall–Kier alpha value is -3.51. The summed E-state index contributed by atoms with van der Waals surface area (Å²) in [4.78, 5) is 24.3. The standard InChI is InChI=1S/C24H23N3O2S/c28-22(16-11-18-7-3-1-4-8-18)27-24(30)26-21-14-12-20(13-15-21)23(29)25-17-19-9-5-2-6-10-19/h1-10,12-15H,11,16-17H2,(H,25,29)(H2,26,27,28,30). The number of aryl methyl sites for hydroxylation is 1. The average Bonchev–Trinajstić information content (AvgIpc) is 2.78. The number of carbonyl (C=O) groups excluding carboxylic acids is 2. The van der Waals surface area contributed by atoms with E-state index in [1.54, 1.807) is 24.3 Å². The number of rotatable bonds is 7. The first-order chi connectivity index (χ1) is 14.6. The Labute approximate surface area is 181 Å². The number of benzene rings is 3. The first-order valence-corrected chi connectivity index (χ1v) is 10.1. The third kappa shape index (κ3) is 6.83. The molecule has 0 bridgehead atoms. The van der Waals surface area contributed by atoms with Gasteiger partial charge in [-0.25, -0.2) is 0 Å². The Morgan fingerprint density at radius 3 is 2.00 bits per heavy atom. The van der Waals surface area contributed by atoms with Gasteiger partial charge in [-0.3, -0.25) is 9.59 Å². The van der Waals surface area contributed by atoms with Gasteiger partial charge in [-0.15, -0.1) is 0 Å². The molecule has 0 radical (unpaired) electrons. The molecule has 2 amide bonds. The van der Waals surface area contributed by atoms with Gasteiger partial charge in [-0.05, 0) is 54.0 Å². The summed E-state index contributed by atoms with van der Waals surface area (Å²) in [7, 11) is 0. The third-order valence-electron chi connectivity index (χ3n) is 4.44. The lowest BCUT2D eigenvalue weighted by atomic mass is 10.1. The molecule has 3 aromatic rings. The SMILES string of the molecule is O=C(CCc1ccccc1)NC(=S)Nc1ccc(C(=O)NCc2ccccc2)cc1. The molecule has 0 aromatic heterocycles. The predicted octanol–water partition coefficient (Wildman–Crippen LogP) is 4.06. The topological polar surface area (TPSA) is 70.2 Å². The minimum absolute atomic E-state index is 0.145. The van der Waals surface area contributed by atoms with E-state index in [-0.39, 0.29) is 16.9 Å². The summed E-state index contributed by atoms with van der Waals surface area (Å²) in [6.07, 6.45) is 1.01. The van der Waals surface area contributed by atoms with Crippen molar-refractivity contribution < 1.29 is 9.59 Å². The molecule has 0 unspecified atom stereocenters. The van der Waals surface area contributed by atoms with Gasteiger partial charge in [0.05, 0.1) is 0 Å². The van der Waals surface area contributed by atoms with Gasteiger partial charge in [0, 0.05) is 24.2 Å². The average molecular weight is 418 g/mol. The molecule has 152 valence electrons. The van der Waals surface area contributed by atoms with E-state index in [0.29, 0.717) is 30.6 Å². The molecule has 0 atom stereocenters. The number of amides is 2. The summed E-state index contributed by atoms with van der Waals surface area (Å²) in [5.74, 6) is -0.296. The van der Waals surface area contributed by atoms with Crippen LogP contribution in [0.15, 0.2) is 84.9 Å². The van der Waals surface area contributed by atoms with Gasteiger partial charge in [-0.2, -0.15) is 0 Å². The van der Waals surface area contributed by atoms with E-state index in [1.165, 1.54) is 0 Å². The van der Waals surface area contributed by atoms with Gasteiger partial charge in [0.2, 0.25) is 5.91 Å². The molecule has 0 spiro atoms. The van der Waals surface area contributed by atoms with E-state index < -0.39 is 0 Å². The van der Waals surface area contributed by atoms with Crippen molar-refractivity contribution in [2.45, 2.75) is 19.4 Å². The summed E-state index contributed by atoms with van der Waals surface area (Å²) >= 11 is 5.20. The van der Waals surface area contributed by atoms with Gasteiger partial charge in [0.25, 0.3) is 5.91 Å². The minimum atomic E-state index is -0.151. The zero-order valence-corrected chi connectivity index (χ0v) is 17.2. The number of nitrogens with one attached hydrogen (secondary N) is 3. The van der Waals surface area contributed by atoms with Crippen LogP contribution in [0.4, 0.5) is 5.69 Å². The maximum absolute atomic E-state index is 12.3. The van der Waals surface area contributed by atoms with Crippen LogP contribution < -0.4 is 16.0 Å². The molecule has 0 aliphatic rings. The molecule has 3 rings (SSSR count). The quantitative estimate of drug-likeness (QED) is 0.507. The lowest BCUT2D eigenvalue weighted by Gasteiger charge is -2.10. The highest BCUT2D eigenvalue weighted by Crippen LogP contribution is 2.10. The largest absolute Gasteiger partial charge is 0.348 e. The van der Waals surface area contributed by atoms with Crippen LogP contribution in [-0.2, 0) is 17.8 Å². The second-order valence-corrected chi connectivity index (χ2v) is 7.14. The van der Waals surface area contributed by atoms with Gasteiger partial charge in [-0.1, -0.05) is 60.7 Å². The van der Waals surface area contributed by atoms with Crippen LogP contribution in [0.5, 0.6) is 0 Å². The number of hydrogen-bond acceptors (Lipinski definition) is 3. The van der Waals surface area contributed by atoms with Crippen LogP contribution in [0.1, 0.15) is 27.9 Å². The normalized spacial score (nSPS) is 10.1. The lowest BCUT2D eigenvalue weighted by molar-refractivity contribution is -0.119. The number of hydrogen-bond donors (Lipinski definition) is 3. The molecule has 3 aromatic carbocycles. The second-order valence-electron chi connectivity index (χ2n) is 6.73. The van der Waals surface area contributed by atoms with E-state index in [9.17, 15) is 9.59 Å². The molecule has 0 fully saturated rings. The van der Waals surface area contributed by atoms with E-state index in [1.807, 2.05) is 60.7 Å². The Morgan fingerprint density at radius 1 is 0.767 bits per heavy atom. The minimum Gasteiger partial charge on any atom is -0.348 e. The first-order valence-electron chi connectivity index (χ1n) is 9.67. The molecule has 30 heavy (non-hydrogen) atoms. The Bertz CT molecular complexity index is 990. The van der Waals surface area contributed by atoms with Crippen LogP contribution in [0, 0.1) is 0 Å². The van der Waals surface area contributed by atoms with Crippen LogP contribution >= 0.6 is 12.2 Å². The zero-order valence-electron chi connectivity index (χ0n) is 16.4. The molecule has 0 saturated heterocycles. The number of carbonyl (C=O) groups is 2. The Kier molecular flexibility index (Phi) is 7.69. The fourth-order valence-corrected chi connectivity index (χ4v) is 3.07.